The Kier molecular flexibility index (Phi) is 4.19. The third kappa shape index (κ3) is 3.24. The first-order chi connectivity index (χ1) is 9.47. The molecule has 1 aliphatic rings. The molecule has 0 amide bonds. The first-order valence-corrected chi connectivity index (χ1v) is 6.41. The number of hydrogen-bond acceptors (Lipinski definition) is 5. The number of aliphatic hydroxyl groups excluding tert-OH is 1. The van der Waals surface area contributed by atoms with Gasteiger partial charge in [0.1, 0.15) is 5.56 Å². The summed E-state index contributed by atoms with van der Waals surface area (Å²) in [7, 11) is 0. The zero-order valence-electron chi connectivity index (χ0n) is 10.8. The lowest BCUT2D eigenvalue weighted by Crippen LogP contribution is -2.13. The maximum Gasteiger partial charge on any atom is 0.342 e. The molecule has 20 heavy (non-hydrogen) atoms. The third-order valence-corrected chi connectivity index (χ3v) is 3.53. The van der Waals surface area contributed by atoms with Crippen LogP contribution in [0.1, 0.15) is 29.6 Å². The summed E-state index contributed by atoms with van der Waals surface area (Å²) in [5.41, 5.74) is -0.208. The summed E-state index contributed by atoms with van der Waals surface area (Å²) in [4.78, 5) is 21.0. The monoisotopic (exact) mass is 280 g/mol. The van der Waals surface area contributed by atoms with Crippen molar-refractivity contribution in [2.45, 2.75) is 25.4 Å². The zero-order valence-corrected chi connectivity index (χ0v) is 10.8. The van der Waals surface area contributed by atoms with Crippen LogP contribution in [-0.4, -0.2) is 33.8 Å². The van der Waals surface area contributed by atoms with Crippen LogP contribution in [0, 0.1) is 16.0 Å². The fraction of sp³-hybridized carbons (Fsp3) is 0.462. The van der Waals surface area contributed by atoms with Gasteiger partial charge >= 0.3 is 5.97 Å². The first kappa shape index (κ1) is 14.3. The van der Waals surface area contributed by atoms with E-state index < -0.39 is 16.6 Å². The maximum atomic E-state index is 11.0. The highest BCUT2D eigenvalue weighted by Crippen LogP contribution is 2.27. The van der Waals surface area contributed by atoms with Crippen LogP contribution >= 0.6 is 0 Å². The number of carboxylic acid groups (broad SMARTS) is 1. The molecule has 0 heterocycles. The van der Waals surface area contributed by atoms with Gasteiger partial charge in [0.25, 0.3) is 5.69 Å². The van der Waals surface area contributed by atoms with Crippen LogP contribution < -0.4 is 5.32 Å². The van der Waals surface area contributed by atoms with Gasteiger partial charge in [0.15, 0.2) is 0 Å². The van der Waals surface area contributed by atoms with Crippen LogP contribution in [-0.2, 0) is 0 Å². The molecule has 2 unspecified atom stereocenters. The van der Waals surface area contributed by atoms with Crippen molar-refractivity contribution < 1.29 is 19.9 Å². The summed E-state index contributed by atoms with van der Waals surface area (Å²) in [6.07, 6.45) is 2.18. The second kappa shape index (κ2) is 5.87. The number of carbonyl (C=O) groups is 1. The Hall–Kier alpha value is -2.15. The molecular formula is C13H16N2O5. The molecule has 1 aliphatic carbocycles. The number of anilines is 1. The minimum absolute atomic E-state index is 0.256. The van der Waals surface area contributed by atoms with Crippen molar-refractivity contribution in [2.75, 3.05) is 11.9 Å². The molecule has 1 aromatic rings. The van der Waals surface area contributed by atoms with E-state index in [0.717, 1.165) is 19.3 Å². The SMILES string of the molecule is O=C(O)c1cc(NCC2CCC(O)C2)ccc1[N+](=O)[O-]. The van der Waals surface area contributed by atoms with Crippen LogP contribution in [0.3, 0.4) is 0 Å². The van der Waals surface area contributed by atoms with Crippen molar-refractivity contribution in [3.8, 4) is 0 Å². The summed E-state index contributed by atoms with van der Waals surface area (Å²) in [5, 5.41) is 32.2. The number of nitro groups is 1. The molecular weight excluding hydrogens is 264 g/mol. The molecule has 1 fully saturated rings. The standard InChI is InChI=1S/C13H16N2O5/c16-10-3-1-8(5-10)7-14-9-2-4-12(15(19)20)11(6-9)13(17)18/h2,4,6,8,10,14,16H,1,3,5,7H2,(H,17,18). The van der Waals surface area contributed by atoms with Crippen molar-refractivity contribution in [1.29, 1.82) is 0 Å². The Morgan fingerprint density at radius 2 is 2.20 bits per heavy atom. The molecule has 7 nitrogen and oxygen atoms in total. The highest BCUT2D eigenvalue weighted by atomic mass is 16.6. The van der Waals surface area contributed by atoms with Crippen LogP contribution in [0.25, 0.3) is 0 Å². The van der Waals surface area contributed by atoms with Crippen LogP contribution in [0.4, 0.5) is 11.4 Å². The Balaban J connectivity index is 2.07. The molecule has 0 aromatic heterocycles. The van der Waals surface area contributed by atoms with Gasteiger partial charge in [0.05, 0.1) is 11.0 Å². The number of nitrogens with one attached hydrogen (secondary N) is 1. The van der Waals surface area contributed by atoms with Crippen LogP contribution in [0.2, 0.25) is 0 Å². The van der Waals surface area contributed by atoms with Gasteiger partial charge in [0, 0.05) is 18.3 Å². The number of aromatic carboxylic acids is 1. The summed E-state index contributed by atoms with van der Waals surface area (Å²) in [6, 6.07) is 3.96. The lowest BCUT2D eigenvalue weighted by atomic mass is 10.1. The lowest BCUT2D eigenvalue weighted by Gasteiger charge is -2.12. The highest BCUT2D eigenvalue weighted by molar-refractivity contribution is 5.93. The number of nitro benzene ring substituents is 1. The van der Waals surface area contributed by atoms with Gasteiger partial charge in [-0.1, -0.05) is 0 Å². The van der Waals surface area contributed by atoms with Crippen LogP contribution in [0.15, 0.2) is 18.2 Å². The fourth-order valence-corrected chi connectivity index (χ4v) is 2.47. The Morgan fingerprint density at radius 1 is 1.45 bits per heavy atom. The molecule has 7 heteroatoms. The minimum atomic E-state index is -1.32. The number of nitrogens with zero attached hydrogens (tertiary/aromatic N) is 1. The van der Waals surface area contributed by atoms with Gasteiger partial charge in [-0.2, -0.15) is 0 Å². The second-order valence-corrected chi connectivity index (χ2v) is 5.01. The number of aliphatic hydroxyl groups is 1. The largest absolute Gasteiger partial charge is 0.477 e. The van der Waals surface area contributed by atoms with Crippen molar-refractivity contribution >= 4 is 17.3 Å². The van der Waals surface area contributed by atoms with E-state index in [0.29, 0.717) is 18.2 Å². The summed E-state index contributed by atoms with van der Waals surface area (Å²) < 4.78 is 0. The smallest absolute Gasteiger partial charge is 0.342 e. The van der Waals surface area contributed by atoms with E-state index in [2.05, 4.69) is 5.32 Å². The quantitative estimate of drug-likeness (QED) is 0.560. The molecule has 0 saturated heterocycles. The summed E-state index contributed by atoms with van der Waals surface area (Å²) in [6.45, 7) is 0.619. The van der Waals surface area contributed by atoms with Gasteiger partial charge in [-0.25, -0.2) is 4.79 Å². The predicted molar refractivity (Wildman–Crippen MR) is 71.9 cm³/mol. The molecule has 0 spiro atoms. The third-order valence-electron chi connectivity index (χ3n) is 3.53. The Bertz CT molecular complexity index is 531. The zero-order chi connectivity index (χ0) is 14.7. The van der Waals surface area contributed by atoms with Gasteiger partial charge in [-0.05, 0) is 37.3 Å². The summed E-state index contributed by atoms with van der Waals surface area (Å²) >= 11 is 0. The molecule has 2 rings (SSSR count). The predicted octanol–water partition coefficient (Wildman–Crippen LogP) is 1.87. The molecule has 2 atom stereocenters. The molecule has 1 aromatic carbocycles. The molecule has 3 N–H and O–H groups in total. The van der Waals surface area contributed by atoms with E-state index in [1.165, 1.54) is 18.2 Å². The molecule has 0 radical (unpaired) electrons. The van der Waals surface area contributed by atoms with E-state index in [1.54, 1.807) is 0 Å². The van der Waals surface area contributed by atoms with Crippen molar-refractivity contribution in [2.24, 2.45) is 5.92 Å². The number of rotatable bonds is 5. The normalized spacial score (nSPS) is 21.6. The van der Waals surface area contributed by atoms with Gasteiger partial charge in [-0.3, -0.25) is 10.1 Å². The summed E-state index contributed by atoms with van der Waals surface area (Å²) in [5.74, 6) is -0.981. The highest BCUT2D eigenvalue weighted by Gasteiger charge is 2.23. The number of hydrogen-bond donors (Lipinski definition) is 3. The van der Waals surface area contributed by atoms with E-state index in [4.69, 9.17) is 5.11 Å². The van der Waals surface area contributed by atoms with E-state index in [9.17, 15) is 20.0 Å². The van der Waals surface area contributed by atoms with E-state index >= 15 is 0 Å². The second-order valence-electron chi connectivity index (χ2n) is 5.01. The molecule has 1 saturated carbocycles. The van der Waals surface area contributed by atoms with Crippen molar-refractivity contribution in [3.05, 3.63) is 33.9 Å². The van der Waals surface area contributed by atoms with Gasteiger partial charge < -0.3 is 15.5 Å². The Morgan fingerprint density at radius 3 is 2.75 bits per heavy atom. The topological polar surface area (TPSA) is 113 Å². The van der Waals surface area contributed by atoms with Gasteiger partial charge in [-0.15, -0.1) is 0 Å². The molecule has 0 aliphatic heterocycles. The lowest BCUT2D eigenvalue weighted by molar-refractivity contribution is -0.385. The fourth-order valence-electron chi connectivity index (χ4n) is 2.47. The maximum absolute atomic E-state index is 11.0. The van der Waals surface area contributed by atoms with Crippen LogP contribution in [0.5, 0.6) is 0 Å². The average Bonchev–Trinajstić information content (AvgIpc) is 2.81. The first-order valence-electron chi connectivity index (χ1n) is 6.41. The van der Waals surface area contributed by atoms with Crippen molar-refractivity contribution in [1.82, 2.24) is 0 Å². The van der Waals surface area contributed by atoms with Crippen molar-refractivity contribution in [3.63, 3.8) is 0 Å². The molecule has 108 valence electrons. The Labute approximate surface area is 115 Å². The van der Waals surface area contributed by atoms with E-state index in [-0.39, 0.29) is 11.7 Å². The van der Waals surface area contributed by atoms with Gasteiger partial charge in [0.2, 0.25) is 0 Å². The minimum Gasteiger partial charge on any atom is -0.477 e. The number of carboxylic acids is 1. The van der Waals surface area contributed by atoms with E-state index in [1.807, 2.05) is 0 Å². The average molecular weight is 280 g/mol. The number of benzene rings is 1. The molecule has 0 bridgehead atoms.